The monoisotopic (exact) mass is 236 g/mol. The maximum absolute atomic E-state index is 11.5. The molecule has 6 heteroatoms. The molecule has 0 saturated heterocycles. The van der Waals surface area contributed by atoms with Gasteiger partial charge >= 0.3 is 0 Å². The summed E-state index contributed by atoms with van der Waals surface area (Å²) >= 11 is 1.46. The van der Waals surface area contributed by atoms with E-state index < -0.39 is 0 Å². The molecule has 0 amide bonds. The van der Waals surface area contributed by atoms with E-state index >= 15 is 0 Å². The number of nitrogens with zero attached hydrogens (tertiary/aromatic N) is 4. The van der Waals surface area contributed by atoms with Crippen LogP contribution < -0.4 is 10.5 Å². The highest BCUT2D eigenvalue weighted by Crippen LogP contribution is 2.30. The molecule has 1 aliphatic rings. The standard InChI is InChI=1S/C10H12N4OS/c1-13(7-3-2-4-7)10-12-14-8(15)5-6-11-9(14)16-10/h5-7H,2-4H2,1H3. The van der Waals surface area contributed by atoms with E-state index in [0.29, 0.717) is 11.0 Å². The van der Waals surface area contributed by atoms with Crippen molar-refractivity contribution < 1.29 is 0 Å². The van der Waals surface area contributed by atoms with Gasteiger partial charge in [0.05, 0.1) is 0 Å². The Labute approximate surface area is 96.3 Å². The molecule has 0 bridgehead atoms. The van der Waals surface area contributed by atoms with Crippen molar-refractivity contribution in [2.24, 2.45) is 0 Å². The van der Waals surface area contributed by atoms with Gasteiger partial charge in [0.15, 0.2) is 0 Å². The van der Waals surface area contributed by atoms with Gasteiger partial charge in [0.2, 0.25) is 10.1 Å². The first-order valence-corrected chi connectivity index (χ1v) is 6.15. The largest absolute Gasteiger partial charge is 0.347 e. The third-order valence-corrected chi connectivity index (χ3v) is 4.10. The van der Waals surface area contributed by atoms with Crippen LogP contribution >= 0.6 is 11.3 Å². The fourth-order valence-electron chi connectivity index (χ4n) is 1.81. The van der Waals surface area contributed by atoms with Crippen molar-refractivity contribution >= 4 is 21.4 Å². The Balaban J connectivity index is 2.04. The first kappa shape index (κ1) is 9.77. The van der Waals surface area contributed by atoms with E-state index in [1.165, 1.54) is 47.4 Å². The zero-order chi connectivity index (χ0) is 11.1. The van der Waals surface area contributed by atoms with Gasteiger partial charge in [-0.2, -0.15) is 4.52 Å². The van der Waals surface area contributed by atoms with Gasteiger partial charge in [-0.05, 0) is 19.3 Å². The molecule has 1 aliphatic carbocycles. The molecular weight excluding hydrogens is 224 g/mol. The van der Waals surface area contributed by atoms with E-state index in [9.17, 15) is 4.79 Å². The summed E-state index contributed by atoms with van der Waals surface area (Å²) in [6.45, 7) is 0. The number of fused-ring (bicyclic) bond motifs is 1. The van der Waals surface area contributed by atoms with Crippen molar-refractivity contribution in [2.45, 2.75) is 25.3 Å². The number of aromatic nitrogens is 3. The van der Waals surface area contributed by atoms with E-state index in [4.69, 9.17) is 0 Å². The van der Waals surface area contributed by atoms with Crippen LogP contribution in [0.1, 0.15) is 19.3 Å². The Morgan fingerprint density at radius 3 is 3.00 bits per heavy atom. The molecule has 3 rings (SSSR count). The zero-order valence-corrected chi connectivity index (χ0v) is 9.78. The summed E-state index contributed by atoms with van der Waals surface area (Å²) in [6, 6.07) is 2.01. The third kappa shape index (κ3) is 1.41. The third-order valence-electron chi connectivity index (χ3n) is 3.08. The fourth-order valence-corrected chi connectivity index (χ4v) is 2.72. The minimum atomic E-state index is -0.116. The van der Waals surface area contributed by atoms with Crippen LogP contribution in [-0.4, -0.2) is 27.7 Å². The van der Waals surface area contributed by atoms with Crippen LogP contribution in [0.5, 0.6) is 0 Å². The Bertz CT molecular complexity index is 571. The SMILES string of the molecule is CN(c1nn2c(=O)ccnc2s1)C1CCC1. The summed E-state index contributed by atoms with van der Waals surface area (Å²) in [6.07, 6.45) is 5.25. The zero-order valence-electron chi connectivity index (χ0n) is 8.96. The molecule has 0 atom stereocenters. The van der Waals surface area contributed by atoms with E-state index in [-0.39, 0.29) is 5.56 Å². The van der Waals surface area contributed by atoms with E-state index in [2.05, 4.69) is 15.0 Å². The first-order valence-electron chi connectivity index (χ1n) is 5.33. The van der Waals surface area contributed by atoms with E-state index in [0.717, 1.165) is 5.13 Å². The highest BCUT2D eigenvalue weighted by Gasteiger charge is 2.24. The molecule has 1 fully saturated rings. The van der Waals surface area contributed by atoms with Gasteiger partial charge in [-0.15, -0.1) is 5.10 Å². The fraction of sp³-hybridized carbons (Fsp3) is 0.500. The van der Waals surface area contributed by atoms with Crippen molar-refractivity contribution in [1.29, 1.82) is 0 Å². The number of hydrogen-bond donors (Lipinski definition) is 0. The molecular formula is C10H12N4OS. The second kappa shape index (κ2) is 3.55. The summed E-state index contributed by atoms with van der Waals surface area (Å²) in [5.74, 6) is 0. The quantitative estimate of drug-likeness (QED) is 0.784. The molecule has 0 radical (unpaired) electrons. The highest BCUT2D eigenvalue weighted by molar-refractivity contribution is 7.20. The summed E-state index contributed by atoms with van der Waals surface area (Å²) in [5.41, 5.74) is -0.116. The molecule has 84 valence electrons. The molecule has 0 unspecified atom stereocenters. The van der Waals surface area contributed by atoms with Gasteiger partial charge in [-0.1, -0.05) is 11.3 Å². The van der Waals surface area contributed by atoms with E-state index in [1.807, 2.05) is 7.05 Å². The molecule has 2 aromatic rings. The van der Waals surface area contributed by atoms with Crippen molar-refractivity contribution in [3.8, 4) is 0 Å². The van der Waals surface area contributed by atoms with Crippen LogP contribution in [0.25, 0.3) is 4.96 Å². The van der Waals surface area contributed by atoms with Gasteiger partial charge in [0, 0.05) is 25.4 Å². The Hall–Kier alpha value is -1.43. The van der Waals surface area contributed by atoms with Crippen molar-refractivity contribution in [3.05, 3.63) is 22.6 Å². The number of rotatable bonds is 2. The first-order chi connectivity index (χ1) is 7.75. The van der Waals surface area contributed by atoms with Crippen molar-refractivity contribution in [1.82, 2.24) is 14.6 Å². The van der Waals surface area contributed by atoms with Crippen LogP contribution in [0.15, 0.2) is 17.1 Å². The van der Waals surface area contributed by atoms with Crippen LogP contribution in [0.3, 0.4) is 0 Å². The average Bonchev–Trinajstić information content (AvgIpc) is 2.60. The summed E-state index contributed by atoms with van der Waals surface area (Å²) < 4.78 is 1.37. The predicted octanol–water partition coefficient (Wildman–Crippen LogP) is 1.14. The topological polar surface area (TPSA) is 50.5 Å². The maximum atomic E-state index is 11.5. The van der Waals surface area contributed by atoms with Crippen LogP contribution in [0.4, 0.5) is 5.13 Å². The average molecular weight is 236 g/mol. The maximum Gasteiger partial charge on any atom is 0.275 e. The van der Waals surface area contributed by atoms with Gasteiger partial charge in [-0.25, -0.2) is 4.98 Å². The molecule has 0 spiro atoms. The second-order valence-corrected chi connectivity index (χ2v) is 4.99. The molecule has 2 aromatic heterocycles. The lowest BCUT2D eigenvalue weighted by molar-refractivity contribution is 0.400. The molecule has 0 aromatic carbocycles. The van der Waals surface area contributed by atoms with Gasteiger partial charge in [0.1, 0.15) is 0 Å². The van der Waals surface area contributed by atoms with Crippen LogP contribution in [0.2, 0.25) is 0 Å². The predicted molar refractivity (Wildman–Crippen MR) is 63.2 cm³/mol. The van der Waals surface area contributed by atoms with Gasteiger partial charge < -0.3 is 4.90 Å². The second-order valence-electron chi connectivity index (χ2n) is 4.06. The van der Waals surface area contributed by atoms with Crippen molar-refractivity contribution in [2.75, 3.05) is 11.9 Å². The Morgan fingerprint density at radius 1 is 1.56 bits per heavy atom. The molecule has 2 heterocycles. The molecule has 5 nitrogen and oxygen atoms in total. The Kier molecular flexibility index (Phi) is 2.17. The van der Waals surface area contributed by atoms with E-state index in [1.54, 1.807) is 0 Å². The molecule has 1 saturated carbocycles. The smallest absolute Gasteiger partial charge is 0.275 e. The molecule has 0 aliphatic heterocycles. The van der Waals surface area contributed by atoms with Gasteiger partial charge in [-0.3, -0.25) is 4.79 Å². The van der Waals surface area contributed by atoms with Gasteiger partial charge in [0.25, 0.3) is 5.56 Å². The lowest BCUT2D eigenvalue weighted by Gasteiger charge is -2.34. The lowest BCUT2D eigenvalue weighted by atomic mass is 9.92. The van der Waals surface area contributed by atoms with Crippen LogP contribution in [0, 0.1) is 0 Å². The summed E-state index contributed by atoms with van der Waals surface area (Å²) in [7, 11) is 2.03. The van der Waals surface area contributed by atoms with Crippen LogP contribution in [-0.2, 0) is 0 Å². The minimum Gasteiger partial charge on any atom is -0.347 e. The molecule has 0 N–H and O–H groups in total. The van der Waals surface area contributed by atoms with Crippen molar-refractivity contribution in [3.63, 3.8) is 0 Å². The summed E-state index contributed by atoms with van der Waals surface area (Å²) in [5, 5.41) is 5.18. The normalized spacial score (nSPS) is 16.3. The minimum absolute atomic E-state index is 0.116. The lowest BCUT2D eigenvalue weighted by Crippen LogP contribution is -2.37. The summed E-state index contributed by atoms with van der Waals surface area (Å²) in [4.78, 5) is 18.5. The molecule has 16 heavy (non-hydrogen) atoms. The number of hydrogen-bond acceptors (Lipinski definition) is 5. The highest BCUT2D eigenvalue weighted by atomic mass is 32.1. The Morgan fingerprint density at radius 2 is 2.38 bits per heavy atom. The number of anilines is 1.